The molecule has 0 rings (SSSR count). The van der Waals surface area contributed by atoms with E-state index in [9.17, 15) is 0 Å². The van der Waals surface area contributed by atoms with Gasteiger partial charge in [0.2, 0.25) is 0 Å². The van der Waals surface area contributed by atoms with E-state index >= 15 is 0 Å². The highest BCUT2D eigenvalue weighted by molar-refractivity contribution is 7.75. The van der Waals surface area contributed by atoms with Gasteiger partial charge in [-0.1, -0.05) is 19.8 Å². The molecule has 0 spiro atoms. The molecule has 0 N–H and O–H groups in total. The van der Waals surface area contributed by atoms with Crippen LogP contribution >= 0.6 is 7.26 Å². The normalized spacial score (nSPS) is 11.1. The molecule has 0 heterocycles. The van der Waals surface area contributed by atoms with Crippen LogP contribution in [0.25, 0.3) is 0 Å². The minimum absolute atomic E-state index is 0. The lowest BCUT2D eigenvalue weighted by Crippen LogP contribution is -3.00. The second-order valence-electron chi connectivity index (χ2n) is 4.07. The fraction of sp³-hybridized carbons (Fsp3) is 1.00. The predicted octanol–water partition coefficient (Wildman–Crippen LogP) is 1.65. The van der Waals surface area contributed by atoms with Gasteiger partial charge in [-0.3, -0.25) is 0 Å². The summed E-state index contributed by atoms with van der Waals surface area (Å²) in [7, 11) is -0.479. The molecule has 0 aromatic carbocycles. The van der Waals surface area contributed by atoms with Crippen LogP contribution in [0.15, 0.2) is 0 Å². The van der Waals surface area contributed by atoms with Gasteiger partial charge in [0.1, 0.15) is 0 Å². The zero-order chi connectivity index (χ0) is 10.2. The van der Waals surface area contributed by atoms with Crippen molar-refractivity contribution in [3.63, 3.8) is 0 Å². The van der Waals surface area contributed by atoms with Gasteiger partial charge >= 0.3 is 0 Å². The molecule has 0 aromatic heterocycles. The van der Waals surface area contributed by atoms with E-state index in [0.717, 1.165) is 0 Å². The highest BCUT2D eigenvalue weighted by Gasteiger charge is 2.29. The van der Waals surface area contributed by atoms with Crippen molar-refractivity contribution in [2.24, 2.45) is 0 Å². The van der Waals surface area contributed by atoms with Gasteiger partial charge in [0.25, 0.3) is 0 Å². The molecule has 0 amide bonds. The maximum atomic E-state index is 2.40. The van der Waals surface area contributed by atoms with Gasteiger partial charge < -0.3 is 24.0 Å². The van der Waals surface area contributed by atoms with Gasteiger partial charge in [0.05, 0.1) is 24.6 Å². The Balaban J connectivity index is 0. The van der Waals surface area contributed by atoms with Gasteiger partial charge in [-0.2, -0.15) is 0 Å². The Labute approximate surface area is 109 Å². The smallest absolute Gasteiger partial charge is 0.0594 e. The molecule has 0 aliphatic heterocycles. The summed E-state index contributed by atoms with van der Waals surface area (Å²) in [5.41, 5.74) is 0. The van der Waals surface area contributed by atoms with Gasteiger partial charge in [-0.25, -0.2) is 0 Å². The summed E-state index contributed by atoms with van der Waals surface area (Å²) < 4.78 is 0. The number of unbranched alkanes of at least 4 members (excludes halogenated alkanes) is 3. The van der Waals surface area contributed by atoms with Crippen molar-refractivity contribution < 1.29 is 24.0 Å². The standard InChI is InChI=1S/C12H28P.HI/c1-5-9-10-11-12-13(6-2,7-3)8-4;/h5-12H2,1-4H3;1H/q+1;/p-1. The lowest BCUT2D eigenvalue weighted by molar-refractivity contribution is -0.00000311. The molecule has 0 saturated carbocycles. The summed E-state index contributed by atoms with van der Waals surface area (Å²) in [4.78, 5) is 0. The monoisotopic (exact) mass is 330 g/mol. The molecule has 14 heavy (non-hydrogen) atoms. The van der Waals surface area contributed by atoms with E-state index in [1.807, 2.05) is 0 Å². The summed E-state index contributed by atoms with van der Waals surface area (Å²) in [6.45, 7) is 9.50. The van der Waals surface area contributed by atoms with Crippen LogP contribution in [0.4, 0.5) is 0 Å². The Hall–Kier alpha value is 1.16. The molecule has 0 aromatic rings. The summed E-state index contributed by atoms with van der Waals surface area (Å²) in [6.07, 6.45) is 11.8. The Bertz CT molecular complexity index is 103. The quantitative estimate of drug-likeness (QED) is 0.361. The molecule has 0 aliphatic carbocycles. The molecule has 0 saturated heterocycles. The molecule has 0 radical (unpaired) electrons. The van der Waals surface area contributed by atoms with Crippen LogP contribution in [0, 0.1) is 0 Å². The number of hydrogen-bond acceptors (Lipinski definition) is 0. The fourth-order valence-corrected chi connectivity index (χ4v) is 5.20. The number of halogens is 1. The predicted molar refractivity (Wildman–Crippen MR) is 67.6 cm³/mol. The van der Waals surface area contributed by atoms with E-state index in [4.69, 9.17) is 0 Å². The van der Waals surface area contributed by atoms with Crippen molar-refractivity contribution in [1.82, 2.24) is 0 Å². The second-order valence-corrected chi connectivity index (χ2v) is 9.10. The Morgan fingerprint density at radius 3 is 1.57 bits per heavy atom. The molecule has 2 heteroatoms. The Morgan fingerprint density at radius 1 is 0.714 bits per heavy atom. The molecule has 0 aliphatic rings. The third-order valence-electron chi connectivity index (χ3n) is 3.50. The average molecular weight is 330 g/mol. The highest BCUT2D eigenvalue weighted by atomic mass is 127. The SMILES string of the molecule is CCCCCC[P+](CC)(CC)CC.[I-]. The van der Waals surface area contributed by atoms with E-state index in [1.54, 1.807) is 6.16 Å². The van der Waals surface area contributed by atoms with E-state index in [1.165, 1.54) is 44.2 Å². The van der Waals surface area contributed by atoms with Crippen LogP contribution in [0.1, 0.15) is 53.4 Å². The van der Waals surface area contributed by atoms with Crippen molar-refractivity contribution in [1.29, 1.82) is 0 Å². The van der Waals surface area contributed by atoms with Crippen molar-refractivity contribution >= 4 is 7.26 Å². The fourth-order valence-electron chi connectivity index (χ4n) is 2.02. The van der Waals surface area contributed by atoms with Gasteiger partial charge in [0.15, 0.2) is 0 Å². The van der Waals surface area contributed by atoms with Gasteiger partial charge in [0, 0.05) is 7.26 Å². The largest absolute Gasteiger partial charge is 1.00 e. The van der Waals surface area contributed by atoms with Crippen molar-refractivity contribution in [3.05, 3.63) is 0 Å². The lowest BCUT2D eigenvalue weighted by atomic mass is 10.2. The van der Waals surface area contributed by atoms with Crippen molar-refractivity contribution in [2.75, 3.05) is 24.6 Å². The molecule has 88 valence electrons. The number of hydrogen-bond donors (Lipinski definition) is 0. The zero-order valence-corrected chi connectivity index (χ0v) is 13.5. The minimum Gasteiger partial charge on any atom is -1.00 e. The maximum Gasteiger partial charge on any atom is 0.0594 e. The van der Waals surface area contributed by atoms with E-state index in [2.05, 4.69) is 27.7 Å². The van der Waals surface area contributed by atoms with E-state index in [0.29, 0.717) is 0 Å². The Morgan fingerprint density at radius 2 is 1.21 bits per heavy atom. The van der Waals surface area contributed by atoms with Crippen LogP contribution in [0.5, 0.6) is 0 Å². The van der Waals surface area contributed by atoms with Crippen LogP contribution in [-0.4, -0.2) is 24.6 Å². The lowest BCUT2D eigenvalue weighted by Gasteiger charge is -2.23. The van der Waals surface area contributed by atoms with Crippen LogP contribution in [0.2, 0.25) is 0 Å². The minimum atomic E-state index is -0.479. The second kappa shape index (κ2) is 10.7. The van der Waals surface area contributed by atoms with Gasteiger partial charge in [-0.15, -0.1) is 0 Å². The van der Waals surface area contributed by atoms with E-state index in [-0.39, 0.29) is 24.0 Å². The highest BCUT2D eigenvalue weighted by Crippen LogP contribution is 2.58. The summed E-state index contributed by atoms with van der Waals surface area (Å²) >= 11 is 0. The van der Waals surface area contributed by atoms with Crippen LogP contribution < -0.4 is 24.0 Å². The third-order valence-corrected chi connectivity index (χ3v) is 8.79. The van der Waals surface area contributed by atoms with Crippen LogP contribution in [0.3, 0.4) is 0 Å². The molecule has 0 bridgehead atoms. The topological polar surface area (TPSA) is 0 Å². The summed E-state index contributed by atoms with van der Waals surface area (Å²) in [6, 6.07) is 0. The van der Waals surface area contributed by atoms with Crippen molar-refractivity contribution in [2.45, 2.75) is 53.4 Å². The molecular weight excluding hydrogens is 302 g/mol. The first-order valence-electron chi connectivity index (χ1n) is 6.09. The molecule has 0 unspecified atom stereocenters. The van der Waals surface area contributed by atoms with Crippen LogP contribution in [-0.2, 0) is 0 Å². The first-order chi connectivity index (χ1) is 6.24. The van der Waals surface area contributed by atoms with E-state index < -0.39 is 7.26 Å². The van der Waals surface area contributed by atoms with Crippen molar-refractivity contribution in [3.8, 4) is 0 Å². The number of rotatable bonds is 8. The zero-order valence-electron chi connectivity index (χ0n) is 10.5. The molecule has 0 fully saturated rings. The summed E-state index contributed by atoms with van der Waals surface area (Å²) in [5, 5.41) is 0. The summed E-state index contributed by atoms with van der Waals surface area (Å²) in [5.74, 6) is 0. The maximum absolute atomic E-state index is 2.40. The molecular formula is C12H28IP. The van der Waals surface area contributed by atoms with Gasteiger partial charge in [-0.05, 0) is 33.6 Å². The first-order valence-corrected chi connectivity index (χ1v) is 8.62. The molecule has 0 nitrogen and oxygen atoms in total. The third kappa shape index (κ3) is 6.61. The molecule has 0 atom stereocenters. The average Bonchev–Trinajstić information content (AvgIpc) is 2.20. The Kier molecular flexibility index (Phi) is 13.4. The first kappa shape index (κ1) is 17.6.